The Balaban J connectivity index is 1.90. The summed E-state index contributed by atoms with van der Waals surface area (Å²) < 4.78 is 11.0. The van der Waals surface area contributed by atoms with Crippen LogP contribution in [-0.2, 0) is 9.59 Å². The van der Waals surface area contributed by atoms with Crippen molar-refractivity contribution >= 4 is 23.1 Å². The third-order valence-corrected chi connectivity index (χ3v) is 6.27. The number of nitro benzene ring substituents is 1. The zero-order valence-corrected chi connectivity index (χ0v) is 19.1. The third-order valence-electron chi connectivity index (χ3n) is 6.27. The molecule has 172 valence electrons. The Hall–Kier alpha value is -3.68. The van der Waals surface area contributed by atoms with Crippen molar-refractivity contribution in [2.45, 2.75) is 39.0 Å². The first-order chi connectivity index (χ1) is 15.7. The smallest absolute Gasteiger partial charge is 0.269 e. The number of nitrogens with zero attached hydrogens (tertiary/aromatic N) is 2. The second kappa shape index (κ2) is 8.35. The lowest BCUT2D eigenvalue weighted by Crippen LogP contribution is -2.43. The van der Waals surface area contributed by atoms with Gasteiger partial charge in [0.2, 0.25) is 5.91 Å². The highest BCUT2D eigenvalue weighted by Gasteiger charge is 2.45. The number of ketones is 1. The van der Waals surface area contributed by atoms with Crippen molar-refractivity contribution in [2.75, 3.05) is 19.1 Å². The molecule has 8 heteroatoms. The number of benzene rings is 2. The Morgan fingerprint density at radius 2 is 1.73 bits per heavy atom. The van der Waals surface area contributed by atoms with Crippen LogP contribution in [0.1, 0.15) is 44.6 Å². The number of allylic oxidation sites excluding steroid dienone is 2. The number of hydrogen-bond acceptors (Lipinski definition) is 6. The van der Waals surface area contributed by atoms with Crippen LogP contribution in [0.15, 0.2) is 53.7 Å². The van der Waals surface area contributed by atoms with Gasteiger partial charge < -0.3 is 9.47 Å². The fourth-order valence-corrected chi connectivity index (χ4v) is 4.89. The van der Waals surface area contributed by atoms with E-state index < -0.39 is 10.8 Å². The highest BCUT2D eigenvalue weighted by atomic mass is 16.6. The molecule has 1 aliphatic carbocycles. The van der Waals surface area contributed by atoms with E-state index in [-0.39, 0.29) is 29.2 Å². The van der Waals surface area contributed by atoms with Gasteiger partial charge in [-0.25, -0.2) is 0 Å². The normalized spacial score (nSPS) is 19.9. The van der Waals surface area contributed by atoms with E-state index in [0.29, 0.717) is 41.3 Å². The molecule has 1 unspecified atom stereocenters. The second-order valence-electron chi connectivity index (χ2n) is 9.14. The van der Waals surface area contributed by atoms with Gasteiger partial charge >= 0.3 is 0 Å². The standard InChI is InChI=1S/C25H26N2O6/c1-25(2)13-19-23(20(28)14-25)18(17-6-5-7-21(32-3)24(17)33-4)12-22(29)26(19)15-8-10-16(11-9-15)27(30)31/h5-11,18H,12-14H2,1-4H3. The minimum absolute atomic E-state index is 0.00413. The van der Waals surface area contributed by atoms with Crippen LogP contribution in [0.4, 0.5) is 11.4 Å². The number of carbonyl (C=O) groups is 2. The second-order valence-corrected chi connectivity index (χ2v) is 9.14. The van der Waals surface area contributed by atoms with Crippen LogP contribution in [0, 0.1) is 15.5 Å². The lowest BCUT2D eigenvalue weighted by molar-refractivity contribution is -0.384. The number of ether oxygens (including phenoxy) is 2. The Morgan fingerprint density at radius 1 is 1.03 bits per heavy atom. The van der Waals surface area contributed by atoms with E-state index in [0.717, 1.165) is 5.56 Å². The zero-order valence-electron chi connectivity index (χ0n) is 19.1. The van der Waals surface area contributed by atoms with E-state index in [9.17, 15) is 19.7 Å². The lowest BCUT2D eigenvalue weighted by atomic mass is 9.69. The van der Waals surface area contributed by atoms with Crippen molar-refractivity contribution in [3.05, 3.63) is 69.4 Å². The molecule has 0 saturated carbocycles. The Kier molecular flexibility index (Phi) is 5.69. The largest absolute Gasteiger partial charge is 0.493 e. The number of nitro groups is 1. The van der Waals surface area contributed by atoms with Gasteiger partial charge in [-0.15, -0.1) is 0 Å². The Labute approximate surface area is 191 Å². The van der Waals surface area contributed by atoms with Gasteiger partial charge in [0.15, 0.2) is 17.3 Å². The van der Waals surface area contributed by atoms with Crippen molar-refractivity contribution in [3.8, 4) is 11.5 Å². The maximum absolute atomic E-state index is 13.5. The van der Waals surface area contributed by atoms with E-state index in [1.54, 1.807) is 30.2 Å². The minimum atomic E-state index is -0.481. The molecule has 2 aromatic carbocycles. The number of amides is 1. The lowest BCUT2D eigenvalue weighted by Gasteiger charge is -2.43. The summed E-state index contributed by atoms with van der Waals surface area (Å²) in [7, 11) is 3.08. The molecule has 1 amide bonds. The number of hydrogen-bond donors (Lipinski definition) is 0. The summed E-state index contributed by atoms with van der Waals surface area (Å²) >= 11 is 0. The molecule has 33 heavy (non-hydrogen) atoms. The summed E-state index contributed by atoms with van der Waals surface area (Å²) in [6, 6.07) is 11.3. The van der Waals surface area contributed by atoms with Crippen LogP contribution < -0.4 is 14.4 Å². The molecule has 2 aromatic rings. The highest BCUT2D eigenvalue weighted by molar-refractivity contribution is 6.08. The number of anilines is 1. The first-order valence-corrected chi connectivity index (χ1v) is 10.7. The maximum atomic E-state index is 13.5. The van der Waals surface area contributed by atoms with Crippen molar-refractivity contribution in [3.63, 3.8) is 0 Å². The van der Waals surface area contributed by atoms with E-state index in [1.807, 2.05) is 26.0 Å². The molecule has 1 heterocycles. The molecule has 0 radical (unpaired) electrons. The van der Waals surface area contributed by atoms with Gasteiger partial charge in [0.25, 0.3) is 5.69 Å². The summed E-state index contributed by atoms with van der Waals surface area (Å²) in [6.45, 7) is 4.01. The van der Waals surface area contributed by atoms with Crippen LogP contribution in [0.3, 0.4) is 0 Å². The number of non-ortho nitro benzene ring substituents is 1. The van der Waals surface area contributed by atoms with Gasteiger partial charge in [-0.2, -0.15) is 0 Å². The number of Topliss-reactive ketones (excluding diaryl/α,β-unsaturated/α-hetero) is 1. The van der Waals surface area contributed by atoms with Crippen LogP contribution >= 0.6 is 0 Å². The molecule has 1 aliphatic heterocycles. The minimum Gasteiger partial charge on any atom is -0.493 e. The van der Waals surface area contributed by atoms with E-state index in [2.05, 4.69) is 0 Å². The van der Waals surface area contributed by atoms with Crippen molar-refractivity contribution in [1.29, 1.82) is 0 Å². The molecule has 0 saturated heterocycles. The number of carbonyl (C=O) groups excluding carboxylic acids is 2. The number of rotatable bonds is 5. The van der Waals surface area contributed by atoms with Gasteiger partial charge in [0.1, 0.15) is 0 Å². The highest BCUT2D eigenvalue weighted by Crippen LogP contribution is 2.50. The van der Waals surface area contributed by atoms with Crippen LogP contribution in [-0.4, -0.2) is 30.8 Å². The molecule has 0 N–H and O–H groups in total. The molecule has 8 nitrogen and oxygen atoms in total. The molecule has 0 spiro atoms. The van der Waals surface area contributed by atoms with E-state index in [1.165, 1.54) is 19.2 Å². The molecule has 0 fully saturated rings. The molecule has 4 rings (SSSR count). The summed E-state index contributed by atoms with van der Waals surface area (Å²) in [5.74, 6) is 0.394. The fraction of sp³-hybridized carbons (Fsp3) is 0.360. The monoisotopic (exact) mass is 450 g/mol. The SMILES string of the molecule is COc1cccc(C2CC(=O)N(c3ccc([N+](=O)[O-])cc3)C3=C2C(=O)CC(C)(C)C3)c1OC. The summed E-state index contributed by atoms with van der Waals surface area (Å²) in [5.41, 5.74) is 2.11. The number of methoxy groups -OCH3 is 2. The molecular weight excluding hydrogens is 424 g/mol. The number of para-hydroxylation sites is 1. The van der Waals surface area contributed by atoms with Gasteiger partial charge in [-0.05, 0) is 30.0 Å². The van der Waals surface area contributed by atoms with Crippen LogP contribution in [0.2, 0.25) is 0 Å². The van der Waals surface area contributed by atoms with Crippen LogP contribution in [0.25, 0.3) is 0 Å². The molecule has 2 aliphatic rings. The zero-order chi connectivity index (χ0) is 23.9. The summed E-state index contributed by atoms with van der Waals surface area (Å²) in [4.78, 5) is 39.1. The van der Waals surface area contributed by atoms with Gasteiger partial charge in [0.05, 0.1) is 19.1 Å². The molecular formula is C25H26N2O6. The summed E-state index contributed by atoms with van der Waals surface area (Å²) in [5, 5.41) is 11.1. The van der Waals surface area contributed by atoms with E-state index >= 15 is 0 Å². The van der Waals surface area contributed by atoms with Crippen molar-refractivity contribution in [2.24, 2.45) is 5.41 Å². The maximum Gasteiger partial charge on any atom is 0.269 e. The fourth-order valence-electron chi connectivity index (χ4n) is 4.89. The average molecular weight is 450 g/mol. The average Bonchev–Trinajstić information content (AvgIpc) is 2.77. The molecule has 0 bridgehead atoms. The van der Waals surface area contributed by atoms with Crippen molar-refractivity contribution in [1.82, 2.24) is 0 Å². The van der Waals surface area contributed by atoms with E-state index in [4.69, 9.17) is 9.47 Å². The predicted octanol–water partition coefficient (Wildman–Crippen LogP) is 4.78. The molecule has 1 atom stereocenters. The van der Waals surface area contributed by atoms with Gasteiger partial charge in [0, 0.05) is 53.4 Å². The third kappa shape index (κ3) is 3.97. The van der Waals surface area contributed by atoms with Gasteiger partial charge in [-0.3, -0.25) is 24.6 Å². The Bertz CT molecular complexity index is 1170. The molecule has 0 aromatic heterocycles. The predicted molar refractivity (Wildman–Crippen MR) is 123 cm³/mol. The van der Waals surface area contributed by atoms with Gasteiger partial charge in [-0.1, -0.05) is 26.0 Å². The van der Waals surface area contributed by atoms with Crippen molar-refractivity contribution < 1.29 is 24.0 Å². The van der Waals surface area contributed by atoms with Crippen LogP contribution in [0.5, 0.6) is 11.5 Å². The quantitative estimate of drug-likeness (QED) is 0.480. The Morgan fingerprint density at radius 3 is 2.33 bits per heavy atom. The first-order valence-electron chi connectivity index (χ1n) is 10.7. The topological polar surface area (TPSA) is 99.0 Å². The first kappa shape index (κ1) is 22.5. The summed E-state index contributed by atoms with van der Waals surface area (Å²) in [6.07, 6.45) is 0.974.